The third kappa shape index (κ3) is 6.46. The van der Waals surface area contributed by atoms with Gasteiger partial charge < -0.3 is 0 Å². The van der Waals surface area contributed by atoms with Gasteiger partial charge in [0.25, 0.3) is 0 Å². The molecule has 0 N–H and O–H groups in total. The zero-order chi connectivity index (χ0) is 41.6. The number of aromatic nitrogens is 5. The van der Waals surface area contributed by atoms with Gasteiger partial charge in [0, 0.05) is 24.2 Å². The van der Waals surface area contributed by atoms with E-state index in [1.54, 1.807) is 18.5 Å². The van der Waals surface area contributed by atoms with Crippen LogP contribution in [0.1, 0.15) is 0 Å². The Balaban J connectivity index is 1.05. The van der Waals surface area contributed by atoms with Gasteiger partial charge in [-0.1, -0.05) is 12.1 Å². The minimum atomic E-state index is 0.404. The minimum absolute atomic E-state index is 0.404. The Labute approximate surface area is 368 Å². The van der Waals surface area contributed by atoms with E-state index in [4.69, 9.17) is 16.3 Å². The molecule has 0 unspecified atom stereocenters. The van der Waals surface area contributed by atoms with Crippen LogP contribution < -0.4 is 4.74 Å². The van der Waals surface area contributed by atoms with Gasteiger partial charge in [0.05, 0.1) is 0 Å². The number of imidazole rings is 1. The van der Waals surface area contributed by atoms with Crippen molar-refractivity contribution in [2.24, 2.45) is 0 Å². The summed E-state index contributed by atoms with van der Waals surface area (Å²) in [6.07, 6.45) is 5.45. The number of rotatable bonds is 8. The summed E-state index contributed by atoms with van der Waals surface area (Å²) in [4.78, 5) is 13.0. The Morgan fingerprint density at radius 2 is 1.19 bits per heavy atom. The summed E-state index contributed by atoms with van der Waals surface area (Å²) in [5.41, 5.74) is 12.5. The average molecular weight is 976 g/mol. The van der Waals surface area contributed by atoms with E-state index in [-0.39, 0.29) is 0 Å². The normalized spacial score (nSPS) is 11.3. The molecule has 4 heterocycles. The summed E-state index contributed by atoms with van der Waals surface area (Å²) in [6.45, 7) is 8.16. The Morgan fingerprint density at radius 3 is 1.87 bits per heavy atom. The van der Waals surface area contributed by atoms with E-state index < -0.39 is 0 Å². The Hall–Kier alpha value is -7.91. The van der Waals surface area contributed by atoms with Crippen LogP contribution in [-0.2, 0) is 19.4 Å². The summed E-state index contributed by atoms with van der Waals surface area (Å²) < 4.78 is 14.1. The standard InChI is InChI=1S/C54H32N6O.Pt/c1-55-41-31-42(58-36-59(51-22-11-10-21-50(51)58)54-45(38-13-4-2-5-14-38)18-12-19-46(54)39-15-6-3-7-16-39)33-44(32-41)61-43-24-25-48-47-17-8-9-20-49(47)60(52(48)34-43)53-26-23-40(35-57-53)37-27-29-56-30-28-37;/h2-32,35H;/q-2;. The van der Waals surface area contributed by atoms with Crippen LogP contribution in [0.25, 0.3) is 88.3 Å². The van der Waals surface area contributed by atoms with Crippen molar-refractivity contribution in [2.45, 2.75) is 0 Å². The molecule has 11 aromatic rings. The number of benzene rings is 7. The van der Waals surface area contributed by atoms with Crippen molar-refractivity contribution in [3.63, 3.8) is 0 Å². The molecule has 4 aromatic heterocycles. The predicted octanol–water partition coefficient (Wildman–Crippen LogP) is 13.3. The fourth-order valence-electron chi connectivity index (χ4n) is 8.32. The van der Waals surface area contributed by atoms with E-state index in [1.807, 2.05) is 66.9 Å². The van der Waals surface area contributed by atoms with Crippen molar-refractivity contribution in [1.29, 1.82) is 0 Å². The maximum atomic E-state index is 8.16. The Bertz CT molecular complexity index is 3510. The molecule has 8 heteroatoms. The number of hydrogen-bond donors (Lipinski definition) is 0. The van der Waals surface area contributed by atoms with E-state index in [0.717, 1.165) is 81.5 Å². The quantitative estimate of drug-likeness (QED) is 0.143. The van der Waals surface area contributed by atoms with Crippen LogP contribution in [0.15, 0.2) is 195 Å². The molecule has 0 spiro atoms. The third-order valence-electron chi connectivity index (χ3n) is 11.1. The van der Waals surface area contributed by atoms with Gasteiger partial charge in [-0.15, -0.1) is 0 Å². The van der Waals surface area contributed by atoms with Crippen molar-refractivity contribution in [2.75, 3.05) is 0 Å². The molecule has 7 nitrogen and oxygen atoms in total. The molecule has 296 valence electrons. The maximum absolute atomic E-state index is 8.16. The molecule has 0 aliphatic heterocycles. The van der Waals surface area contributed by atoms with E-state index >= 15 is 0 Å². The third-order valence-corrected chi connectivity index (χ3v) is 12.1. The monoisotopic (exact) mass is 975 g/mol. The zero-order valence-electron chi connectivity index (χ0n) is 32.9. The van der Waals surface area contributed by atoms with Crippen molar-refractivity contribution < 1.29 is 24.1 Å². The van der Waals surface area contributed by atoms with E-state index in [0.29, 0.717) is 22.9 Å². The molecule has 0 radical (unpaired) electrons. The molecule has 0 saturated heterocycles. The summed E-state index contributed by atoms with van der Waals surface area (Å²) in [5.74, 6) is 1.66. The summed E-state index contributed by atoms with van der Waals surface area (Å²) in [7, 11) is 0. The zero-order valence-corrected chi connectivity index (χ0v) is 35.2. The first-order valence-corrected chi connectivity index (χ1v) is 21.1. The van der Waals surface area contributed by atoms with E-state index in [1.165, 1.54) is 0 Å². The SMILES string of the molecule is [C-]#[N+]c1cc(Oc2[c-]c3c(cc2)c2ccccc2n3-c2ccc(-c3ccncc3)cn2)[c-]c(-n2[c](=[Pt])n(-c3c(-c4ccccc4)cccc3-c3ccccc3)c3ccccc32)c1. The summed E-state index contributed by atoms with van der Waals surface area (Å²) in [5, 5.41) is 2.11. The summed E-state index contributed by atoms with van der Waals surface area (Å²) in [6, 6.07) is 66.9. The van der Waals surface area contributed by atoms with Gasteiger partial charge in [0.15, 0.2) is 0 Å². The predicted molar refractivity (Wildman–Crippen MR) is 243 cm³/mol. The van der Waals surface area contributed by atoms with Crippen LogP contribution in [0.5, 0.6) is 11.5 Å². The number of fused-ring (bicyclic) bond motifs is 4. The van der Waals surface area contributed by atoms with Crippen LogP contribution in [0.2, 0.25) is 0 Å². The molecule has 0 saturated carbocycles. The topological polar surface area (TPSA) is 54.2 Å². The fourth-order valence-corrected chi connectivity index (χ4v) is 9.39. The number of hydrogen-bond acceptors (Lipinski definition) is 3. The van der Waals surface area contributed by atoms with Crippen molar-refractivity contribution in [3.8, 4) is 62.1 Å². The van der Waals surface area contributed by atoms with Gasteiger partial charge >= 0.3 is 305 Å². The fraction of sp³-hybridized carbons (Fsp3) is 0. The molecule has 7 aromatic carbocycles. The van der Waals surface area contributed by atoms with Gasteiger partial charge in [-0.2, -0.15) is 0 Å². The first-order valence-electron chi connectivity index (χ1n) is 20.0. The number of nitrogens with zero attached hydrogens (tertiary/aromatic N) is 6. The van der Waals surface area contributed by atoms with Crippen LogP contribution in [-0.4, -0.2) is 23.7 Å². The van der Waals surface area contributed by atoms with Crippen LogP contribution in [0.3, 0.4) is 0 Å². The van der Waals surface area contributed by atoms with Crippen molar-refractivity contribution >= 4 is 38.5 Å². The molecule has 0 fully saturated rings. The second-order valence-electron chi connectivity index (χ2n) is 14.7. The van der Waals surface area contributed by atoms with E-state index in [2.05, 4.69) is 164 Å². The van der Waals surface area contributed by atoms with Gasteiger partial charge in [-0.05, 0) is 23.8 Å². The molecular formula is C54H32N6OPt-2. The van der Waals surface area contributed by atoms with Crippen LogP contribution in [0.4, 0.5) is 5.69 Å². The second-order valence-corrected chi connectivity index (χ2v) is 15.7. The van der Waals surface area contributed by atoms with Gasteiger partial charge in [-0.3, -0.25) is 4.98 Å². The number of pyridine rings is 2. The van der Waals surface area contributed by atoms with E-state index in [9.17, 15) is 0 Å². The number of para-hydroxylation sites is 4. The molecule has 0 atom stereocenters. The summed E-state index contributed by atoms with van der Waals surface area (Å²) >= 11 is 2.41. The van der Waals surface area contributed by atoms with Crippen LogP contribution >= 0.6 is 0 Å². The van der Waals surface area contributed by atoms with Crippen LogP contribution in [0, 0.1) is 22.5 Å². The van der Waals surface area contributed by atoms with Gasteiger partial charge in [0.2, 0.25) is 0 Å². The van der Waals surface area contributed by atoms with Crippen molar-refractivity contribution in [1.82, 2.24) is 23.7 Å². The van der Waals surface area contributed by atoms with Gasteiger partial charge in [0.1, 0.15) is 0 Å². The first-order chi connectivity index (χ1) is 30.6. The second kappa shape index (κ2) is 15.6. The first kappa shape index (κ1) is 37.1. The molecule has 62 heavy (non-hydrogen) atoms. The molecule has 0 aliphatic rings. The molecule has 0 aliphatic carbocycles. The van der Waals surface area contributed by atoms with Gasteiger partial charge in [-0.25, -0.2) is 0 Å². The average Bonchev–Trinajstić information content (AvgIpc) is 3.82. The van der Waals surface area contributed by atoms with Crippen molar-refractivity contribution in [3.05, 3.63) is 222 Å². The Morgan fingerprint density at radius 1 is 0.532 bits per heavy atom. The molecule has 0 amide bonds. The molecule has 11 rings (SSSR count). The molecule has 0 bridgehead atoms. The molecular weight excluding hydrogens is 944 g/mol. The number of ether oxygens (including phenoxy) is 1. The Kier molecular flexibility index (Phi) is 9.34.